The highest BCUT2D eigenvalue weighted by Gasteiger charge is 2.29. The fourth-order valence-corrected chi connectivity index (χ4v) is 3.70. The van der Waals surface area contributed by atoms with Crippen LogP contribution in [0.4, 0.5) is 17.6 Å². The topological polar surface area (TPSA) is 70.8 Å². The standard InChI is InChI=1S/C17H30N6O/c1-13(22-8-10-24-11-9-22)14-4-6-23(7-5-14)16-12-15(18)19-17(20-16)21(2)3/h12-14H,4-11H2,1-3H3,(H2,18,19,20)/t13-/m1/s1. The summed E-state index contributed by atoms with van der Waals surface area (Å²) in [5.74, 6) is 2.90. The molecular formula is C17H30N6O. The number of piperidine rings is 1. The fraction of sp³-hybridized carbons (Fsp3) is 0.765. The van der Waals surface area contributed by atoms with Gasteiger partial charge in [-0.15, -0.1) is 0 Å². The zero-order valence-corrected chi connectivity index (χ0v) is 15.1. The summed E-state index contributed by atoms with van der Waals surface area (Å²) in [6, 6.07) is 2.52. The van der Waals surface area contributed by atoms with Gasteiger partial charge in [0.2, 0.25) is 5.95 Å². The van der Waals surface area contributed by atoms with Gasteiger partial charge in [0.1, 0.15) is 11.6 Å². The number of rotatable bonds is 4. The third-order valence-electron chi connectivity index (χ3n) is 5.29. The third kappa shape index (κ3) is 3.89. The van der Waals surface area contributed by atoms with Crippen LogP contribution in [0.2, 0.25) is 0 Å². The Morgan fingerprint density at radius 2 is 1.83 bits per heavy atom. The molecule has 2 aliphatic rings. The molecule has 7 heteroatoms. The van der Waals surface area contributed by atoms with E-state index in [9.17, 15) is 0 Å². The summed E-state index contributed by atoms with van der Waals surface area (Å²) in [5.41, 5.74) is 5.95. The highest BCUT2D eigenvalue weighted by atomic mass is 16.5. The van der Waals surface area contributed by atoms with Crippen molar-refractivity contribution in [3.8, 4) is 0 Å². The van der Waals surface area contributed by atoms with E-state index in [0.29, 0.717) is 17.8 Å². The molecule has 0 saturated carbocycles. The minimum Gasteiger partial charge on any atom is -0.383 e. The maximum atomic E-state index is 5.95. The first kappa shape index (κ1) is 17.2. The van der Waals surface area contributed by atoms with E-state index in [0.717, 1.165) is 51.1 Å². The number of morpholine rings is 1. The molecule has 2 fully saturated rings. The Labute approximate surface area is 144 Å². The van der Waals surface area contributed by atoms with Crippen LogP contribution in [0.1, 0.15) is 19.8 Å². The molecular weight excluding hydrogens is 304 g/mol. The van der Waals surface area contributed by atoms with Gasteiger partial charge in [0, 0.05) is 52.4 Å². The van der Waals surface area contributed by atoms with Crippen molar-refractivity contribution in [3.05, 3.63) is 6.07 Å². The van der Waals surface area contributed by atoms with E-state index in [1.807, 2.05) is 25.1 Å². The molecule has 2 aliphatic heterocycles. The molecule has 7 nitrogen and oxygen atoms in total. The smallest absolute Gasteiger partial charge is 0.228 e. The van der Waals surface area contributed by atoms with Crippen LogP contribution in [0.3, 0.4) is 0 Å². The van der Waals surface area contributed by atoms with Gasteiger partial charge in [0.25, 0.3) is 0 Å². The second-order valence-corrected chi connectivity index (χ2v) is 7.06. The maximum absolute atomic E-state index is 5.95. The van der Waals surface area contributed by atoms with Crippen LogP contribution >= 0.6 is 0 Å². The zero-order chi connectivity index (χ0) is 17.1. The van der Waals surface area contributed by atoms with Crippen molar-refractivity contribution >= 4 is 17.6 Å². The molecule has 24 heavy (non-hydrogen) atoms. The fourth-order valence-electron chi connectivity index (χ4n) is 3.70. The van der Waals surface area contributed by atoms with E-state index < -0.39 is 0 Å². The van der Waals surface area contributed by atoms with E-state index in [-0.39, 0.29) is 0 Å². The van der Waals surface area contributed by atoms with Crippen molar-refractivity contribution in [2.75, 3.05) is 69.0 Å². The number of ether oxygens (including phenoxy) is 1. The lowest BCUT2D eigenvalue weighted by molar-refractivity contribution is 0.00448. The molecule has 2 saturated heterocycles. The van der Waals surface area contributed by atoms with Gasteiger partial charge in [-0.1, -0.05) is 0 Å². The molecule has 0 radical (unpaired) electrons. The summed E-state index contributed by atoms with van der Waals surface area (Å²) < 4.78 is 5.47. The van der Waals surface area contributed by atoms with E-state index in [1.165, 1.54) is 12.8 Å². The van der Waals surface area contributed by atoms with Crippen LogP contribution in [-0.2, 0) is 4.74 Å². The molecule has 0 bridgehead atoms. The lowest BCUT2D eigenvalue weighted by Gasteiger charge is -2.41. The third-order valence-corrected chi connectivity index (χ3v) is 5.29. The number of hydrogen-bond donors (Lipinski definition) is 1. The molecule has 0 amide bonds. The summed E-state index contributed by atoms with van der Waals surface area (Å²) >= 11 is 0. The molecule has 0 spiro atoms. The Morgan fingerprint density at radius 1 is 1.17 bits per heavy atom. The second kappa shape index (κ2) is 7.53. The van der Waals surface area contributed by atoms with Crippen molar-refractivity contribution in [1.82, 2.24) is 14.9 Å². The van der Waals surface area contributed by atoms with Gasteiger partial charge in [-0.05, 0) is 25.7 Å². The van der Waals surface area contributed by atoms with Gasteiger partial charge in [0.05, 0.1) is 13.2 Å². The zero-order valence-electron chi connectivity index (χ0n) is 15.1. The summed E-state index contributed by atoms with van der Waals surface area (Å²) in [5, 5.41) is 0. The predicted octanol–water partition coefficient (Wildman–Crippen LogP) is 1.06. The summed E-state index contributed by atoms with van der Waals surface area (Å²) in [4.78, 5) is 15.7. The molecule has 2 N–H and O–H groups in total. The van der Waals surface area contributed by atoms with Crippen LogP contribution in [0, 0.1) is 5.92 Å². The monoisotopic (exact) mass is 334 g/mol. The first-order chi connectivity index (χ1) is 11.5. The van der Waals surface area contributed by atoms with Crippen LogP contribution in [0.15, 0.2) is 6.07 Å². The van der Waals surface area contributed by atoms with Gasteiger partial charge in [0.15, 0.2) is 0 Å². The minimum atomic E-state index is 0.535. The Hall–Kier alpha value is -1.60. The Morgan fingerprint density at radius 3 is 2.46 bits per heavy atom. The number of nitrogens with zero attached hydrogens (tertiary/aromatic N) is 5. The highest BCUT2D eigenvalue weighted by Crippen LogP contribution is 2.28. The lowest BCUT2D eigenvalue weighted by atomic mass is 9.89. The van der Waals surface area contributed by atoms with Crippen LogP contribution < -0.4 is 15.5 Å². The molecule has 0 aliphatic carbocycles. The van der Waals surface area contributed by atoms with Gasteiger partial charge < -0.3 is 20.3 Å². The lowest BCUT2D eigenvalue weighted by Crippen LogP contribution is -2.48. The molecule has 3 heterocycles. The Balaban J connectivity index is 1.60. The maximum Gasteiger partial charge on any atom is 0.228 e. The Bertz CT molecular complexity index is 538. The van der Waals surface area contributed by atoms with Crippen LogP contribution in [0.25, 0.3) is 0 Å². The molecule has 0 unspecified atom stereocenters. The van der Waals surface area contributed by atoms with Gasteiger partial charge >= 0.3 is 0 Å². The van der Waals surface area contributed by atoms with E-state index >= 15 is 0 Å². The van der Waals surface area contributed by atoms with E-state index in [1.54, 1.807) is 0 Å². The molecule has 1 aromatic rings. The quantitative estimate of drug-likeness (QED) is 0.883. The molecule has 3 rings (SSSR count). The first-order valence-electron chi connectivity index (χ1n) is 8.93. The average Bonchev–Trinajstić information content (AvgIpc) is 2.61. The number of nitrogen functional groups attached to an aromatic ring is 1. The Kier molecular flexibility index (Phi) is 5.40. The molecule has 1 aromatic heterocycles. The van der Waals surface area contributed by atoms with Gasteiger partial charge in [-0.25, -0.2) is 0 Å². The van der Waals surface area contributed by atoms with E-state index in [4.69, 9.17) is 10.5 Å². The summed E-state index contributed by atoms with van der Waals surface area (Å²) in [6.45, 7) is 8.31. The highest BCUT2D eigenvalue weighted by molar-refractivity contribution is 5.52. The van der Waals surface area contributed by atoms with Crippen molar-refractivity contribution in [2.45, 2.75) is 25.8 Å². The van der Waals surface area contributed by atoms with Crippen LogP contribution in [0.5, 0.6) is 0 Å². The van der Waals surface area contributed by atoms with Gasteiger partial charge in [-0.3, -0.25) is 4.90 Å². The summed E-state index contributed by atoms with van der Waals surface area (Å²) in [7, 11) is 3.88. The van der Waals surface area contributed by atoms with Crippen LogP contribution in [-0.4, -0.2) is 74.4 Å². The summed E-state index contributed by atoms with van der Waals surface area (Å²) in [6.07, 6.45) is 2.39. The SMILES string of the molecule is C[C@H](C1CCN(c2cc(N)nc(N(C)C)n2)CC1)N1CCOCC1. The van der Waals surface area contributed by atoms with Crippen molar-refractivity contribution in [3.63, 3.8) is 0 Å². The van der Waals surface area contributed by atoms with Crippen molar-refractivity contribution < 1.29 is 4.74 Å². The number of aromatic nitrogens is 2. The normalized spacial score (nSPS) is 21.7. The van der Waals surface area contributed by atoms with Crippen molar-refractivity contribution in [2.24, 2.45) is 5.92 Å². The van der Waals surface area contributed by atoms with E-state index in [2.05, 4.69) is 26.7 Å². The van der Waals surface area contributed by atoms with Gasteiger partial charge in [-0.2, -0.15) is 9.97 Å². The number of hydrogen-bond acceptors (Lipinski definition) is 7. The molecule has 0 aromatic carbocycles. The molecule has 1 atom stereocenters. The number of anilines is 3. The largest absolute Gasteiger partial charge is 0.383 e. The predicted molar refractivity (Wildman–Crippen MR) is 97.6 cm³/mol. The first-order valence-corrected chi connectivity index (χ1v) is 8.93. The second-order valence-electron chi connectivity index (χ2n) is 7.06. The number of nitrogens with two attached hydrogens (primary N) is 1. The van der Waals surface area contributed by atoms with Crippen molar-refractivity contribution in [1.29, 1.82) is 0 Å². The minimum absolute atomic E-state index is 0.535. The average molecular weight is 334 g/mol. The molecule has 134 valence electrons.